The van der Waals surface area contributed by atoms with Gasteiger partial charge in [0.1, 0.15) is 6.61 Å². The molecule has 0 aliphatic rings. The fraction of sp³-hybridized carbons (Fsp3) is 0.0952. The SMILES string of the molecule is Cc1csc2nc(COC(=O)c3nc(-c4cccs4)n(-c4ccccc4)n3)cc(=O)n12. The Morgan fingerprint density at radius 1 is 1.10 bits per heavy atom. The average molecular weight is 450 g/mol. The lowest BCUT2D eigenvalue weighted by Gasteiger charge is -2.03. The number of carbonyl (C=O) groups is 1. The van der Waals surface area contributed by atoms with Gasteiger partial charge in [-0.1, -0.05) is 24.3 Å². The third kappa shape index (κ3) is 3.66. The number of carbonyl (C=O) groups excluding carboxylic acids is 1. The molecule has 0 unspecified atom stereocenters. The lowest BCUT2D eigenvalue weighted by atomic mass is 10.3. The highest BCUT2D eigenvalue weighted by Gasteiger charge is 2.21. The Hall–Kier alpha value is -3.63. The van der Waals surface area contributed by atoms with E-state index in [4.69, 9.17) is 4.74 Å². The van der Waals surface area contributed by atoms with Crippen molar-refractivity contribution in [3.05, 3.63) is 86.9 Å². The molecule has 0 spiro atoms. The highest BCUT2D eigenvalue weighted by molar-refractivity contribution is 7.15. The molecule has 0 aliphatic carbocycles. The van der Waals surface area contributed by atoms with E-state index in [1.54, 1.807) is 4.68 Å². The Morgan fingerprint density at radius 2 is 1.94 bits per heavy atom. The van der Waals surface area contributed by atoms with Crippen LogP contribution >= 0.6 is 22.7 Å². The lowest BCUT2D eigenvalue weighted by molar-refractivity contribution is 0.0453. The summed E-state index contributed by atoms with van der Waals surface area (Å²) in [5.74, 6) is -0.186. The van der Waals surface area contributed by atoms with Gasteiger partial charge in [-0.3, -0.25) is 9.20 Å². The quantitative estimate of drug-likeness (QED) is 0.380. The molecule has 0 saturated carbocycles. The van der Waals surface area contributed by atoms with Crippen molar-refractivity contribution in [2.45, 2.75) is 13.5 Å². The molecular weight excluding hydrogens is 434 g/mol. The number of thiazole rings is 1. The summed E-state index contributed by atoms with van der Waals surface area (Å²) in [7, 11) is 0. The molecule has 0 bridgehead atoms. The number of benzene rings is 1. The zero-order valence-electron chi connectivity index (χ0n) is 16.3. The van der Waals surface area contributed by atoms with E-state index >= 15 is 0 Å². The number of hydrogen-bond donors (Lipinski definition) is 0. The van der Waals surface area contributed by atoms with Gasteiger partial charge in [-0.2, -0.15) is 4.98 Å². The molecule has 5 aromatic rings. The van der Waals surface area contributed by atoms with E-state index in [0.29, 0.717) is 16.5 Å². The summed E-state index contributed by atoms with van der Waals surface area (Å²) >= 11 is 2.86. The van der Waals surface area contributed by atoms with Crippen molar-refractivity contribution in [2.75, 3.05) is 0 Å². The van der Waals surface area contributed by atoms with Gasteiger partial charge in [-0.15, -0.1) is 27.8 Å². The van der Waals surface area contributed by atoms with Gasteiger partial charge >= 0.3 is 5.97 Å². The topological polar surface area (TPSA) is 91.4 Å². The number of fused-ring (bicyclic) bond motifs is 1. The first-order chi connectivity index (χ1) is 15.1. The molecule has 0 radical (unpaired) electrons. The van der Waals surface area contributed by atoms with E-state index in [-0.39, 0.29) is 18.0 Å². The van der Waals surface area contributed by atoms with E-state index in [1.165, 1.54) is 33.1 Å². The van der Waals surface area contributed by atoms with Crippen molar-refractivity contribution < 1.29 is 9.53 Å². The Labute approximate surface area is 184 Å². The molecule has 8 nitrogen and oxygen atoms in total. The van der Waals surface area contributed by atoms with E-state index in [9.17, 15) is 9.59 Å². The Balaban J connectivity index is 1.43. The number of para-hydroxylation sites is 1. The first-order valence-corrected chi connectivity index (χ1v) is 11.1. The van der Waals surface area contributed by atoms with E-state index in [0.717, 1.165) is 16.3 Å². The van der Waals surface area contributed by atoms with Crippen LogP contribution in [0, 0.1) is 6.92 Å². The van der Waals surface area contributed by atoms with Gasteiger partial charge in [0.25, 0.3) is 11.4 Å². The summed E-state index contributed by atoms with van der Waals surface area (Å²) in [5, 5.41) is 8.16. The normalized spacial score (nSPS) is 11.1. The van der Waals surface area contributed by atoms with Crippen LogP contribution in [0.15, 0.2) is 64.1 Å². The van der Waals surface area contributed by atoms with Gasteiger partial charge in [-0.25, -0.2) is 14.5 Å². The fourth-order valence-corrected chi connectivity index (χ4v) is 4.68. The molecule has 0 aliphatic heterocycles. The standard InChI is InChI=1S/C21H15N5O3S2/c1-13-12-31-21-22-14(10-17(27)25(13)21)11-29-20(28)18-23-19(16-8-5-9-30-16)26(24-18)15-6-3-2-4-7-15/h2-10,12H,11H2,1H3. The predicted molar refractivity (Wildman–Crippen MR) is 118 cm³/mol. The number of aromatic nitrogens is 5. The summed E-state index contributed by atoms with van der Waals surface area (Å²) in [5.41, 5.74) is 1.77. The molecule has 10 heteroatoms. The summed E-state index contributed by atoms with van der Waals surface area (Å²) in [6.07, 6.45) is 0. The number of hydrogen-bond acceptors (Lipinski definition) is 8. The van der Waals surface area contributed by atoms with Gasteiger partial charge in [0.15, 0.2) is 10.8 Å². The first kappa shape index (κ1) is 19.3. The summed E-state index contributed by atoms with van der Waals surface area (Å²) in [4.78, 5) is 35.2. The largest absolute Gasteiger partial charge is 0.453 e. The summed E-state index contributed by atoms with van der Waals surface area (Å²) in [6.45, 7) is 1.70. The average Bonchev–Trinajstić information content (AvgIpc) is 3.52. The minimum absolute atomic E-state index is 0.0583. The van der Waals surface area contributed by atoms with Crippen molar-refractivity contribution in [3.63, 3.8) is 0 Å². The molecular formula is C21H15N5O3S2. The molecule has 4 heterocycles. The van der Waals surface area contributed by atoms with E-state index in [2.05, 4.69) is 15.1 Å². The number of nitrogens with zero attached hydrogens (tertiary/aromatic N) is 5. The molecule has 0 atom stereocenters. The first-order valence-electron chi connectivity index (χ1n) is 9.30. The van der Waals surface area contributed by atoms with Gasteiger partial charge in [0.2, 0.25) is 0 Å². The molecule has 1 aromatic carbocycles. The number of rotatable bonds is 5. The Kier molecular flexibility index (Phi) is 4.92. The molecule has 0 saturated heterocycles. The Morgan fingerprint density at radius 3 is 2.71 bits per heavy atom. The molecule has 31 heavy (non-hydrogen) atoms. The molecule has 154 valence electrons. The van der Waals surface area contributed by atoms with Gasteiger partial charge in [0.05, 0.1) is 16.3 Å². The van der Waals surface area contributed by atoms with Crippen LogP contribution in [0.25, 0.3) is 21.3 Å². The smallest absolute Gasteiger partial charge is 0.378 e. The summed E-state index contributed by atoms with van der Waals surface area (Å²) in [6, 6.07) is 14.6. The number of esters is 1. The van der Waals surface area contributed by atoms with Crippen LogP contribution in [-0.4, -0.2) is 30.1 Å². The third-order valence-electron chi connectivity index (χ3n) is 4.51. The predicted octanol–water partition coefficient (Wildman–Crippen LogP) is 3.73. The van der Waals surface area contributed by atoms with Crippen LogP contribution in [-0.2, 0) is 11.3 Å². The highest BCUT2D eigenvalue weighted by Crippen LogP contribution is 2.25. The second kappa shape index (κ2) is 7.89. The number of aryl methyl sites for hydroxylation is 1. The van der Waals surface area contributed by atoms with Crippen molar-refractivity contribution in [2.24, 2.45) is 0 Å². The maximum atomic E-state index is 12.7. The fourth-order valence-electron chi connectivity index (χ4n) is 3.09. The van der Waals surface area contributed by atoms with E-state index in [1.807, 2.05) is 60.1 Å². The minimum Gasteiger partial charge on any atom is -0.453 e. The van der Waals surface area contributed by atoms with Crippen molar-refractivity contribution >= 4 is 33.6 Å². The Bertz CT molecular complexity index is 1440. The second-order valence-corrected chi connectivity index (χ2v) is 8.42. The third-order valence-corrected chi connectivity index (χ3v) is 6.32. The van der Waals surface area contributed by atoms with Crippen molar-refractivity contribution in [1.29, 1.82) is 0 Å². The molecule has 5 rings (SSSR count). The number of ether oxygens (including phenoxy) is 1. The minimum atomic E-state index is -0.683. The van der Waals surface area contributed by atoms with Crippen molar-refractivity contribution in [3.8, 4) is 16.4 Å². The van der Waals surface area contributed by atoms with Crippen LogP contribution in [0.3, 0.4) is 0 Å². The van der Waals surface area contributed by atoms with Crippen LogP contribution < -0.4 is 5.56 Å². The molecule has 0 amide bonds. The second-order valence-electron chi connectivity index (χ2n) is 6.64. The summed E-state index contributed by atoms with van der Waals surface area (Å²) < 4.78 is 8.51. The highest BCUT2D eigenvalue weighted by atomic mass is 32.1. The molecule has 0 N–H and O–H groups in total. The van der Waals surface area contributed by atoms with Crippen molar-refractivity contribution in [1.82, 2.24) is 24.1 Å². The van der Waals surface area contributed by atoms with Crippen LogP contribution in [0.2, 0.25) is 0 Å². The lowest BCUT2D eigenvalue weighted by Crippen LogP contribution is -2.16. The zero-order valence-corrected chi connectivity index (χ0v) is 17.9. The van der Waals surface area contributed by atoms with Gasteiger partial charge in [-0.05, 0) is 30.5 Å². The number of thiophene rings is 1. The van der Waals surface area contributed by atoms with Crippen LogP contribution in [0.4, 0.5) is 0 Å². The zero-order chi connectivity index (χ0) is 21.4. The van der Waals surface area contributed by atoms with Crippen LogP contribution in [0.5, 0.6) is 0 Å². The van der Waals surface area contributed by atoms with Crippen LogP contribution in [0.1, 0.15) is 22.0 Å². The maximum absolute atomic E-state index is 12.7. The molecule has 4 aromatic heterocycles. The monoisotopic (exact) mass is 449 g/mol. The van der Waals surface area contributed by atoms with Gasteiger partial charge in [0, 0.05) is 17.1 Å². The maximum Gasteiger partial charge on any atom is 0.378 e. The van der Waals surface area contributed by atoms with Gasteiger partial charge < -0.3 is 4.74 Å². The van der Waals surface area contributed by atoms with E-state index < -0.39 is 5.97 Å². The molecule has 0 fully saturated rings.